The minimum absolute atomic E-state index is 0.109. The van der Waals surface area contributed by atoms with Crippen LogP contribution in [0, 0.1) is 11.3 Å². The highest BCUT2D eigenvalue weighted by atomic mass is 16.5. The van der Waals surface area contributed by atoms with E-state index < -0.39 is 0 Å². The van der Waals surface area contributed by atoms with Crippen LogP contribution in [0.4, 0.5) is 0 Å². The highest BCUT2D eigenvalue weighted by Crippen LogP contribution is 2.26. The average molecular weight is 356 g/mol. The van der Waals surface area contributed by atoms with Gasteiger partial charge >= 0.3 is 5.97 Å². The Kier molecular flexibility index (Phi) is 4.19. The van der Waals surface area contributed by atoms with Crippen molar-refractivity contribution >= 4 is 39.6 Å². The number of imidazole rings is 1. The summed E-state index contributed by atoms with van der Waals surface area (Å²) in [6.45, 7) is 0.109. The molecule has 0 saturated heterocycles. The van der Waals surface area contributed by atoms with Crippen LogP contribution in [0.2, 0.25) is 0 Å². The standard InChI is InChI=1S/C21H16N4O2/c1-27-20(26)13-25-12-15(16-6-2-5-9-19(16)25)10-14(11-22)21-23-17-7-3-4-8-18(17)24-21/h2-10,12H,13H2,1H3,(H,23,24)/b14-10-. The number of para-hydroxylation sites is 3. The van der Waals surface area contributed by atoms with Crippen LogP contribution >= 0.6 is 0 Å². The summed E-state index contributed by atoms with van der Waals surface area (Å²) in [5.74, 6) is 0.188. The second-order valence-corrected chi connectivity index (χ2v) is 6.08. The van der Waals surface area contributed by atoms with E-state index in [0.717, 1.165) is 27.5 Å². The van der Waals surface area contributed by atoms with Gasteiger partial charge in [-0.15, -0.1) is 0 Å². The zero-order valence-electron chi connectivity index (χ0n) is 14.6. The molecule has 4 aromatic rings. The van der Waals surface area contributed by atoms with Gasteiger partial charge in [-0.1, -0.05) is 30.3 Å². The van der Waals surface area contributed by atoms with E-state index in [2.05, 4.69) is 16.0 Å². The van der Waals surface area contributed by atoms with E-state index in [-0.39, 0.29) is 12.5 Å². The molecule has 0 aliphatic carbocycles. The first-order valence-corrected chi connectivity index (χ1v) is 8.41. The Hall–Kier alpha value is -3.85. The topological polar surface area (TPSA) is 83.7 Å². The van der Waals surface area contributed by atoms with Gasteiger partial charge in [-0.2, -0.15) is 5.26 Å². The predicted molar refractivity (Wildman–Crippen MR) is 104 cm³/mol. The fourth-order valence-corrected chi connectivity index (χ4v) is 3.11. The summed E-state index contributed by atoms with van der Waals surface area (Å²) in [7, 11) is 1.37. The van der Waals surface area contributed by atoms with Crippen LogP contribution < -0.4 is 0 Å². The zero-order valence-corrected chi connectivity index (χ0v) is 14.6. The third-order valence-corrected chi connectivity index (χ3v) is 4.41. The number of hydrogen-bond acceptors (Lipinski definition) is 4. The van der Waals surface area contributed by atoms with Crippen LogP contribution in [0.5, 0.6) is 0 Å². The molecule has 0 bridgehead atoms. The molecule has 0 aliphatic rings. The van der Waals surface area contributed by atoms with Crippen molar-refractivity contribution in [2.24, 2.45) is 0 Å². The molecule has 0 aliphatic heterocycles. The van der Waals surface area contributed by atoms with Gasteiger partial charge in [0.15, 0.2) is 0 Å². The lowest BCUT2D eigenvalue weighted by Gasteiger charge is -2.02. The lowest BCUT2D eigenvalue weighted by Crippen LogP contribution is -2.10. The third kappa shape index (κ3) is 3.07. The van der Waals surface area contributed by atoms with Gasteiger partial charge in [0.25, 0.3) is 0 Å². The first kappa shape index (κ1) is 16.6. The van der Waals surface area contributed by atoms with E-state index in [1.807, 2.05) is 59.3 Å². The largest absolute Gasteiger partial charge is 0.468 e. The third-order valence-electron chi connectivity index (χ3n) is 4.41. The van der Waals surface area contributed by atoms with Crippen molar-refractivity contribution in [2.75, 3.05) is 7.11 Å². The van der Waals surface area contributed by atoms with Crippen LogP contribution in [0.15, 0.2) is 54.7 Å². The summed E-state index contributed by atoms with van der Waals surface area (Å²) in [4.78, 5) is 19.4. The second kappa shape index (κ2) is 6.81. The smallest absolute Gasteiger partial charge is 0.325 e. The lowest BCUT2D eigenvalue weighted by molar-refractivity contribution is -0.141. The number of rotatable bonds is 4. The Bertz CT molecular complexity index is 1190. The Morgan fingerprint density at radius 3 is 2.81 bits per heavy atom. The number of esters is 1. The van der Waals surface area contributed by atoms with E-state index in [4.69, 9.17) is 4.74 Å². The molecule has 27 heavy (non-hydrogen) atoms. The quantitative estimate of drug-likeness (QED) is 0.446. The van der Waals surface area contributed by atoms with Gasteiger partial charge in [-0.3, -0.25) is 4.79 Å². The van der Waals surface area contributed by atoms with Crippen LogP contribution in [0.1, 0.15) is 11.4 Å². The van der Waals surface area contributed by atoms with Gasteiger partial charge in [-0.05, 0) is 24.3 Å². The van der Waals surface area contributed by atoms with Gasteiger partial charge in [0.1, 0.15) is 18.4 Å². The molecule has 2 aromatic carbocycles. The molecule has 0 amide bonds. The molecule has 0 fully saturated rings. The highest BCUT2D eigenvalue weighted by Gasteiger charge is 2.13. The number of carbonyl (C=O) groups excluding carboxylic acids is 1. The van der Waals surface area contributed by atoms with Crippen LogP contribution in [0.3, 0.4) is 0 Å². The number of hydrogen-bond donors (Lipinski definition) is 1. The van der Waals surface area contributed by atoms with Gasteiger partial charge in [0.2, 0.25) is 0 Å². The molecule has 132 valence electrons. The number of H-pyrrole nitrogens is 1. The Balaban J connectivity index is 1.83. The average Bonchev–Trinajstić information content (AvgIpc) is 3.28. The molecule has 4 rings (SSSR count). The molecule has 0 radical (unpaired) electrons. The fourth-order valence-electron chi connectivity index (χ4n) is 3.11. The molecule has 0 saturated carbocycles. The summed E-state index contributed by atoms with van der Waals surface area (Å²) < 4.78 is 6.60. The van der Waals surface area contributed by atoms with Crippen molar-refractivity contribution in [3.8, 4) is 6.07 Å². The maximum Gasteiger partial charge on any atom is 0.325 e. The number of fused-ring (bicyclic) bond motifs is 2. The van der Waals surface area contributed by atoms with Crippen LogP contribution in [-0.2, 0) is 16.1 Å². The van der Waals surface area contributed by atoms with Crippen LogP contribution in [-0.4, -0.2) is 27.6 Å². The van der Waals surface area contributed by atoms with Gasteiger partial charge in [0, 0.05) is 22.7 Å². The van der Waals surface area contributed by atoms with Crippen molar-refractivity contribution in [2.45, 2.75) is 6.54 Å². The molecule has 0 spiro atoms. The Morgan fingerprint density at radius 2 is 2.04 bits per heavy atom. The molecule has 0 atom stereocenters. The summed E-state index contributed by atoms with van der Waals surface area (Å²) in [6, 6.07) is 17.6. The molecule has 1 N–H and O–H groups in total. The van der Waals surface area contributed by atoms with Crippen molar-refractivity contribution < 1.29 is 9.53 Å². The second-order valence-electron chi connectivity index (χ2n) is 6.08. The number of nitrogens with one attached hydrogen (secondary N) is 1. The van der Waals surface area contributed by atoms with Crippen LogP contribution in [0.25, 0.3) is 33.6 Å². The molecule has 2 aromatic heterocycles. The van der Waals surface area contributed by atoms with Gasteiger partial charge < -0.3 is 14.3 Å². The van der Waals surface area contributed by atoms with E-state index in [0.29, 0.717) is 11.4 Å². The molecule has 6 heteroatoms. The number of carbonyl (C=O) groups is 1. The minimum atomic E-state index is -0.330. The monoisotopic (exact) mass is 356 g/mol. The molecular formula is C21H16N4O2. The maximum absolute atomic E-state index is 11.7. The van der Waals surface area contributed by atoms with E-state index in [1.165, 1.54) is 7.11 Å². The molecule has 6 nitrogen and oxygen atoms in total. The summed E-state index contributed by atoms with van der Waals surface area (Å²) >= 11 is 0. The van der Waals surface area contributed by atoms with Crippen molar-refractivity contribution in [3.05, 3.63) is 66.1 Å². The SMILES string of the molecule is COC(=O)Cn1cc(/C=C(/C#N)c2nc3ccccc3[nH]2)c2ccccc21. The number of benzene rings is 2. The normalized spacial score (nSPS) is 11.6. The first-order chi connectivity index (χ1) is 13.2. The number of allylic oxidation sites excluding steroid dienone is 1. The van der Waals surface area contributed by atoms with Gasteiger partial charge in [0.05, 0.1) is 23.7 Å². The minimum Gasteiger partial charge on any atom is -0.468 e. The molecular weight excluding hydrogens is 340 g/mol. The van der Waals surface area contributed by atoms with E-state index >= 15 is 0 Å². The Labute approximate surface area is 155 Å². The summed E-state index contributed by atoms with van der Waals surface area (Å²) in [6.07, 6.45) is 3.63. The van der Waals surface area contributed by atoms with Crippen molar-refractivity contribution in [1.82, 2.24) is 14.5 Å². The number of nitriles is 1. The number of nitrogens with zero attached hydrogens (tertiary/aromatic N) is 3. The number of aromatic nitrogens is 3. The first-order valence-electron chi connectivity index (χ1n) is 8.41. The fraction of sp³-hybridized carbons (Fsp3) is 0.0952. The van der Waals surface area contributed by atoms with E-state index in [1.54, 1.807) is 6.08 Å². The molecule has 0 unspecified atom stereocenters. The summed E-state index contributed by atoms with van der Waals surface area (Å²) in [5, 5.41) is 10.6. The van der Waals surface area contributed by atoms with Gasteiger partial charge in [-0.25, -0.2) is 4.98 Å². The van der Waals surface area contributed by atoms with Crippen molar-refractivity contribution in [1.29, 1.82) is 5.26 Å². The number of ether oxygens (including phenoxy) is 1. The summed E-state index contributed by atoms with van der Waals surface area (Å²) in [5.41, 5.74) is 3.85. The van der Waals surface area contributed by atoms with E-state index in [9.17, 15) is 10.1 Å². The molecule has 2 heterocycles. The van der Waals surface area contributed by atoms with Crippen molar-refractivity contribution in [3.63, 3.8) is 0 Å². The maximum atomic E-state index is 11.7. The number of aromatic amines is 1. The zero-order chi connectivity index (χ0) is 18.8. The lowest BCUT2D eigenvalue weighted by atomic mass is 10.1. The highest BCUT2D eigenvalue weighted by molar-refractivity contribution is 5.98. The Morgan fingerprint density at radius 1 is 1.26 bits per heavy atom. The predicted octanol–water partition coefficient (Wildman–Crippen LogP) is 3.75. The number of methoxy groups -OCH3 is 1.